The van der Waals surface area contributed by atoms with Crippen molar-refractivity contribution in [2.45, 2.75) is 13.5 Å². The number of thiazole rings is 1. The number of para-hydroxylation sites is 2. The van der Waals surface area contributed by atoms with Crippen LogP contribution >= 0.6 is 11.3 Å². The van der Waals surface area contributed by atoms with Gasteiger partial charge >= 0.3 is 0 Å². The van der Waals surface area contributed by atoms with Crippen molar-refractivity contribution >= 4 is 27.8 Å². The van der Waals surface area contributed by atoms with E-state index in [0.717, 1.165) is 31.3 Å². The number of nitrogens with zero attached hydrogens (tertiary/aromatic N) is 3. The first-order valence-electron chi connectivity index (χ1n) is 7.02. The molecule has 0 radical (unpaired) electrons. The predicted molar refractivity (Wildman–Crippen MR) is 86.2 cm³/mol. The van der Waals surface area contributed by atoms with Gasteiger partial charge in [-0.3, -0.25) is 0 Å². The van der Waals surface area contributed by atoms with E-state index in [1.165, 1.54) is 16.3 Å². The number of hydrogen-bond acceptors (Lipinski definition) is 5. The third-order valence-corrected chi connectivity index (χ3v) is 4.58. The molecule has 4 nitrogen and oxygen atoms in total. The summed E-state index contributed by atoms with van der Waals surface area (Å²) in [4.78, 5) is 10.5. The molecule has 1 aliphatic rings. The Kier molecular flexibility index (Phi) is 3.89. The largest absolute Gasteiger partial charge is 0.371 e. The van der Waals surface area contributed by atoms with Crippen LogP contribution in [0.4, 0.5) is 16.5 Å². The van der Waals surface area contributed by atoms with Gasteiger partial charge in [0.1, 0.15) is 0 Å². The molecule has 0 aliphatic carbocycles. The van der Waals surface area contributed by atoms with Crippen molar-refractivity contribution in [2.24, 2.45) is 0 Å². The Morgan fingerprint density at radius 2 is 2.05 bits per heavy atom. The lowest BCUT2D eigenvalue weighted by atomic mass is 10.2. The molecule has 0 amide bonds. The summed E-state index contributed by atoms with van der Waals surface area (Å²) in [5.41, 5.74) is 2.53. The van der Waals surface area contributed by atoms with Gasteiger partial charge in [-0.05, 0) is 18.7 Å². The molecule has 1 aromatic heterocycles. The van der Waals surface area contributed by atoms with E-state index in [0.29, 0.717) is 0 Å². The maximum Gasteiger partial charge on any atom is 0.190 e. The molecule has 0 bridgehead atoms. The van der Waals surface area contributed by atoms with Crippen molar-refractivity contribution in [1.82, 2.24) is 10.3 Å². The van der Waals surface area contributed by atoms with Gasteiger partial charge in [-0.2, -0.15) is 0 Å². The average Bonchev–Trinajstić information content (AvgIpc) is 2.94. The lowest BCUT2D eigenvalue weighted by Gasteiger charge is -2.35. The van der Waals surface area contributed by atoms with Crippen LogP contribution in [0.2, 0.25) is 0 Å². The first-order chi connectivity index (χ1) is 9.79. The number of fused-ring (bicyclic) bond motifs is 1. The molecule has 0 fully saturated rings. The number of hydrogen-bond donors (Lipinski definition) is 1. The molecular formula is C15H20N4S. The van der Waals surface area contributed by atoms with Crippen molar-refractivity contribution in [2.75, 3.05) is 36.5 Å². The highest BCUT2D eigenvalue weighted by Gasteiger charge is 2.22. The van der Waals surface area contributed by atoms with Crippen LogP contribution in [0.15, 0.2) is 30.5 Å². The monoisotopic (exact) mass is 288 g/mol. The average molecular weight is 288 g/mol. The molecule has 20 heavy (non-hydrogen) atoms. The minimum absolute atomic E-state index is 0.906. The summed E-state index contributed by atoms with van der Waals surface area (Å²) in [6, 6.07) is 8.54. The minimum atomic E-state index is 0.906. The highest BCUT2D eigenvalue weighted by atomic mass is 32.1. The van der Waals surface area contributed by atoms with Crippen LogP contribution in [0.1, 0.15) is 11.8 Å². The molecule has 1 N–H and O–H groups in total. The lowest BCUT2D eigenvalue weighted by Crippen LogP contribution is -2.36. The Hall–Kier alpha value is -1.59. The van der Waals surface area contributed by atoms with Crippen LogP contribution in [0.25, 0.3) is 0 Å². The normalized spacial score (nSPS) is 14.5. The summed E-state index contributed by atoms with van der Waals surface area (Å²) in [7, 11) is 2.15. The standard InChI is InChI=1S/C15H20N4S/c1-3-16-10-12-11-17-15(20-12)19-9-8-18(2)13-6-4-5-7-14(13)19/h4-7,11,16H,3,8-10H2,1-2H3. The Bertz CT molecular complexity index is 581. The molecule has 0 unspecified atom stereocenters. The van der Waals surface area contributed by atoms with E-state index >= 15 is 0 Å². The molecule has 0 atom stereocenters. The third kappa shape index (κ3) is 2.51. The lowest BCUT2D eigenvalue weighted by molar-refractivity contribution is 0.734. The molecule has 0 saturated carbocycles. The number of benzene rings is 1. The van der Waals surface area contributed by atoms with Crippen molar-refractivity contribution in [1.29, 1.82) is 0 Å². The van der Waals surface area contributed by atoms with E-state index in [1.807, 2.05) is 6.20 Å². The Balaban J connectivity index is 1.87. The van der Waals surface area contributed by atoms with Crippen molar-refractivity contribution in [3.8, 4) is 0 Å². The summed E-state index contributed by atoms with van der Waals surface area (Å²) in [5.74, 6) is 0. The second-order valence-electron chi connectivity index (χ2n) is 4.95. The second-order valence-corrected chi connectivity index (χ2v) is 6.05. The van der Waals surface area contributed by atoms with Gasteiger partial charge in [0.25, 0.3) is 0 Å². The predicted octanol–water partition coefficient (Wildman–Crippen LogP) is 2.84. The first kappa shape index (κ1) is 13.4. The van der Waals surface area contributed by atoms with Gasteiger partial charge in [0.15, 0.2) is 5.13 Å². The van der Waals surface area contributed by atoms with Gasteiger partial charge in [-0.1, -0.05) is 19.1 Å². The highest BCUT2D eigenvalue weighted by Crippen LogP contribution is 2.38. The molecule has 3 rings (SSSR count). The number of aromatic nitrogens is 1. The Morgan fingerprint density at radius 1 is 1.25 bits per heavy atom. The van der Waals surface area contributed by atoms with Crippen LogP contribution in [-0.2, 0) is 6.54 Å². The summed E-state index contributed by atoms with van der Waals surface area (Å²) in [6.07, 6.45) is 1.99. The highest BCUT2D eigenvalue weighted by molar-refractivity contribution is 7.15. The molecule has 2 aromatic rings. The molecule has 0 spiro atoms. The third-order valence-electron chi connectivity index (χ3n) is 3.56. The Morgan fingerprint density at radius 3 is 2.85 bits per heavy atom. The maximum absolute atomic E-state index is 4.60. The van der Waals surface area contributed by atoms with E-state index in [9.17, 15) is 0 Å². The van der Waals surface area contributed by atoms with Gasteiger partial charge in [-0.15, -0.1) is 11.3 Å². The molecule has 1 aliphatic heterocycles. The van der Waals surface area contributed by atoms with Crippen LogP contribution in [-0.4, -0.2) is 31.7 Å². The molecule has 1 aromatic carbocycles. The molecule has 2 heterocycles. The minimum Gasteiger partial charge on any atom is -0.371 e. The smallest absolute Gasteiger partial charge is 0.190 e. The zero-order valence-corrected chi connectivity index (χ0v) is 12.8. The summed E-state index contributed by atoms with van der Waals surface area (Å²) in [5, 5.41) is 4.45. The summed E-state index contributed by atoms with van der Waals surface area (Å²) in [6.45, 7) is 6.04. The maximum atomic E-state index is 4.60. The Labute approximate surface area is 124 Å². The molecular weight excluding hydrogens is 268 g/mol. The van der Waals surface area contributed by atoms with Crippen LogP contribution in [0, 0.1) is 0 Å². The quantitative estimate of drug-likeness (QED) is 0.937. The zero-order chi connectivity index (χ0) is 13.9. The van der Waals surface area contributed by atoms with E-state index < -0.39 is 0 Å². The number of anilines is 3. The number of nitrogens with one attached hydrogen (secondary N) is 1. The first-order valence-corrected chi connectivity index (χ1v) is 7.84. The SMILES string of the molecule is CCNCc1cnc(N2CCN(C)c3ccccc32)s1. The fourth-order valence-electron chi connectivity index (χ4n) is 2.46. The topological polar surface area (TPSA) is 31.4 Å². The molecule has 5 heteroatoms. The zero-order valence-electron chi connectivity index (χ0n) is 12.0. The number of rotatable bonds is 4. The van der Waals surface area contributed by atoms with Crippen molar-refractivity contribution in [3.05, 3.63) is 35.3 Å². The van der Waals surface area contributed by atoms with Gasteiger partial charge in [0.05, 0.1) is 11.4 Å². The van der Waals surface area contributed by atoms with Gasteiger partial charge in [0.2, 0.25) is 0 Å². The van der Waals surface area contributed by atoms with E-state index in [2.05, 4.69) is 58.3 Å². The molecule has 106 valence electrons. The van der Waals surface area contributed by atoms with Gasteiger partial charge in [0, 0.05) is 37.8 Å². The van der Waals surface area contributed by atoms with E-state index in [4.69, 9.17) is 0 Å². The second kappa shape index (κ2) is 5.81. The van der Waals surface area contributed by atoms with E-state index in [1.54, 1.807) is 11.3 Å². The fraction of sp³-hybridized carbons (Fsp3) is 0.400. The van der Waals surface area contributed by atoms with Crippen molar-refractivity contribution in [3.63, 3.8) is 0 Å². The summed E-state index contributed by atoms with van der Waals surface area (Å²) < 4.78 is 0. The summed E-state index contributed by atoms with van der Waals surface area (Å²) >= 11 is 1.78. The number of likely N-dealkylation sites (N-methyl/N-ethyl adjacent to an activating group) is 1. The van der Waals surface area contributed by atoms with Gasteiger partial charge in [-0.25, -0.2) is 4.98 Å². The van der Waals surface area contributed by atoms with E-state index in [-0.39, 0.29) is 0 Å². The van der Waals surface area contributed by atoms with Crippen LogP contribution in [0.5, 0.6) is 0 Å². The van der Waals surface area contributed by atoms with Crippen LogP contribution in [0.3, 0.4) is 0 Å². The molecule has 0 saturated heterocycles. The van der Waals surface area contributed by atoms with Gasteiger partial charge < -0.3 is 15.1 Å². The van der Waals surface area contributed by atoms with Crippen molar-refractivity contribution < 1.29 is 0 Å². The fourth-order valence-corrected chi connectivity index (χ4v) is 3.38. The van der Waals surface area contributed by atoms with Crippen LogP contribution < -0.4 is 15.1 Å².